The number of hydrogen-bond donors (Lipinski definition) is 1. The Labute approximate surface area is 201 Å². The Hall–Kier alpha value is -3.72. The van der Waals surface area contributed by atoms with Crippen molar-refractivity contribution in [2.45, 2.75) is 23.9 Å². The SMILES string of the molecule is CCS(=O)(=O)c1ccc(CNC(c2ccccc2)(c2ccccc2)c2ccccc2)c(C#N)c1. The van der Waals surface area contributed by atoms with Gasteiger partial charge in [0.1, 0.15) is 0 Å². The number of rotatable bonds is 8. The van der Waals surface area contributed by atoms with E-state index in [4.69, 9.17) is 0 Å². The second-order valence-electron chi connectivity index (χ2n) is 8.04. The van der Waals surface area contributed by atoms with Crippen molar-refractivity contribution in [3.05, 3.63) is 137 Å². The van der Waals surface area contributed by atoms with Crippen molar-refractivity contribution in [1.82, 2.24) is 5.32 Å². The molecule has 0 saturated heterocycles. The van der Waals surface area contributed by atoms with Crippen molar-refractivity contribution in [3.8, 4) is 6.07 Å². The van der Waals surface area contributed by atoms with Crippen LogP contribution in [0, 0.1) is 11.3 Å². The van der Waals surface area contributed by atoms with Gasteiger partial charge in [0.05, 0.1) is 27.8 Å². The Kier molecular flexibility index (Phi) is 6.93. The molecule has 0 amide bonds. The van der Waals surface area contributed by atoms with E-state index in [9.17, 15) is 13.7 Å². The van der Waals surface area contributed by atoms with E-state index in [1.807, 2.05) is 54.6 Å². The zero-order valence-corrected chi connectivity index (χ0v) is 19.8. The minimum Gasteiger partial charge on any atom is -0.296 e. The number of nitrogens with one attached hydrogen (secondary N) is 1. The molecular formula is C29H26N2O2S. The lowest BCUT2D eigenvalue weighted by Crippen LogP contribution is -2.44. The summed E-state index contributed by atoms with van der Waals surface area (Å²) in [5.74, 6) is -0.00536. The minimum atomic E-state index is -3.39. The zero-order chi connectivity index (χ0) is 24.0. The third-order valence-electron chi connectivity index (χ3n) is 6.11. The summed E-state index contributed by atoms with van der Waals surface area (Å²) < 4.78 is 24.7. The van der Waals surface area contributed by atoms with Crippen LogP contribution in [0.5, 0.6) is 0 Å². The molecule has 0 heterocycles. The monoisotopic (exact) mass is 466 g/mol. The Morgan fingerprint density at radius 3 is 1.65 bits per heavy atom. The van der Waals surface area contributed by atoms with Gasteiger partial charge in [0.15, 0.2) is 9.84 Å². The Morgan fingerprint density at radius 1 is 0.765 bits per heavy atom. The molecule has 4 nitrogen and oxygen atoms in total. The average Bonchev–Trinajstić information content (AvgIpc) is 2.91. The average molecular weight is 467 g/mol. The molecule has 0 fully saturated rings. The molecule has 0 radical (unpaired) electrons. The van der Waals surface area contributed by atoms with Crippen molar-refractivity contribution in [3.63, 3.8) is 0 Å². The van der Waals surface area contributed by atoms with E-state index in [0.717, 1.165) is 22.3 Å². The second-order valence-corrected chi connectivity index (χ2v) is 10.3. The van der Waals surface area contributed by atoms with Gasteiger partial charge in [-0.15, -0.1) is 0 Å². The first-order valence-corrected chi connectivity index (χ1v) is 12.8. The molecule has 0 spiro atoms. The molecule has 0 atom stereocenters. The topological polar surface area (TPSA) is 70.0 Å². The summed E-state index contributed by atoms with van der Waals surface area (Å²) in [5, 5.41) is 13.5. The van der Waals surface area contributed by atoms with Crippen LogP contribution in [-0.2, 0) is 21.9 Å². The summed E-state index contributed by atoms with van der Waals surface area (Å²) in [6.45, 7) is 1.97. The van der Waals surface area contributed by atoms with Gasteiger partial charge in [-0.1, -0.05) is 104 Å². The summed E-state index contributed by atoms with van der Waals surface area (Å²) in [7, 11) is -3.39. The minimum absolute atomic E-state index is 0.00536. The maximum atomic E-state index is 12.3. The first kappa shape index (κ1) is 23.4. The number of nitriles is 1. The molecule has 34 heavy (non-hydrogen) atoms. The molecule has 0 aliphatic heterocycles. The van der Waals surface area contributed by atoms with Crippen molar-refractivity contribution in [2.24, 2.45) is 0 Å². The van der Waals surface area contributed by atoms with Gasteiger partial charge in [-0.3, -0.25) is 5.32 Å². The third-order valence-corrected chi connectivity index (χ3v) is 7.84. The van der Waals surface area contributed by atoms with Crippen LogP contribution in [0.2, 0.25) is 0 Å². The van der Waals surface area contributed by atoms with Crippen LogP contribution >= 0.6 is 0 Å². The van der Waals surface area contributed by atoms with Crippen LogP contribution in [0.1, 0.15) is 34.7 Å². The van der Waals surface area contributed by atoms with Crippen LogP contribution in [-0.4, -0.2) is 14.2 Å². The molecule has 4 aromatic rings. The number of nitrogens with zero attached hydrogens (tertiary/aromatic N) is 1. The van der Waals surface area contributed by atoms with E-state index in [0.29, 0.717) is 12.1 Å². The predicted molar refractivity (Wildman–Crippen MR) is 135 cm³/mol. The Balaban J connectivity index is 1.85. The van der Waals surface area contributed by atoms with E-state index in [1.165, 1.54) is 6.07 Å². The fourth-order valence-corrected chi connectivity index (χ4v) is 5.18. The van der Waals surface area contributed by atoms with Gasteiger partial charge in [-0.05, 0) is 34.4 Å². The molecular weight excluding hydrogens is 440 g/mol. The standard InChI is InChI=1S/C29H26N2O2S/c1-2-34(32,33)28-19-18-23(24(20-28)21-30)22-31-29(25-12-6-3-7-13-25,26-14-8-4-9-15-26)27-16-10-5-11-17-27/h3-20,31H,2,22H2,1H3. The lowest BCUT2D eigenvalue weighted by molar-refractivity contribution is 0.470. The highest BCUT2D eigenvalue weighted by atomic mass is 32.2. The van der Waals surface area contributed by atoms with Crippen LogP contribution in [0.15, 0.2) is 114 Å². The summed E-state index contributed by atoms with van der Waals surface area (Å²) >= 11 is 0. The fraction of sp³-hybridized carbons (Fsp3) is 0.138. The smallest absolute Gasteiger partial charge is 0.178 e. The molecule has 4 rings (SSSR count). The molecule has 0 aliphatic carbocycles. The van der Waals surface area contributed by atoms with E-state index in [-0.39, 0.29) is 10.6 Å². The lowest BCUT2D eigenvalue weighted by Gasteiger charge is -2.37. The van der Waals surface area contributed by atoms with Crippen LogP contribution < -0.4 is 5.32 Å². The maximum Gasteiger partial charge on any atom is 0.178 e. The molecule has 0 unspecified atom stereocenters. The van der Waals surface area contributed by atoms with Gasteiger partial charge in [0.25, 0.3) is 0 Å². The summed E-state index contributed by atoms with van der Waals surface area (Å²) in [6.07, 6.45) is 0. The molecule has 170 valence electrons. The van der Waals surface area contributed by atoms with Gasteiger partial charge >= 0.3 is 0 Å². The molecule has 4 aromatic carbocycles. The van der Waals surface area contributed by atoms with Crippen LogP contribution in [0.25, 0.3) is 0 Å². The molecule has 0 aromatic heterocycles. The van der Waals surface area contributed by atoms with Gasteiger partial charge in [-0.2, -0.15) is 5.26 Å². The van der Waals surface area contributed by atoms with Crippen LogP contribution in [0.3, 0.4) is 0 Å². The first-order chi connectivity index (χ1) is 16.5. The Morgan fingerprint density at radius 2 is 1.24 bits per heavy atom. The van der Waals surface area contributed by atoms with Gasteiger partial charge in [0, 0.05) is 6.54 Å². The molecule has 0 aliphatic rings. The van der Waals surface area contributed by atoms with Gasteiger partial charge < -0.3 is 0 Å². The van der Waals surface area contributed by atoms with Gasteiger partial charge in [-0.25, -0.2) is 8.42 Å². The third kappa shape index (κ3) is 4.51. The quantitative estimate of drug-likeness (QED) is 0.351. The van der Waals surface area contributed by atoms with Crippen LogP contribution in [0.4, 0.5) is 0 Å². The Bertz CT molecular complexity index is 1300. The van der Waals surface area contributed by atoms with E-state index >= 15 is 0 Å². The van der Waals surface area contributed by atoms with Crippen molar-refractivity contribution in [2.75, 3.05) is 5.75 Å². The van der Waals surface area contributed by atoms with E-state index in [2.05, 4.69) is 47.8 Å². The number of hydrogen-bond acceptors (Lipinski definition) is 4. The fourth-order valence-electron chi connectivity index (χ4n) is 4.27. The van der Waals surface area contributed by atoms with Gasteiger partial charge in [0.2, 0.25) is 0 Å². The van der Waals surface area contributed by atoms with Crippen molar-refractivity contribution < 1.29 is 8.42 Å². The summed E-state index contributed by atoms with van der Waals surface area (Å²) in [6, 6.07) is 37.6. The lowest BCUT2D eigenvalue weighted by atomic mass is 9.77. The normalized spacial score (nSPS) is 11.6. The van der Waals surface area contributed by atoms with Crippen molar-refractivity contribution >= 4 is 9.84 Å². The highest BCUT2D eigenvalue weighted by molar-refractivity contribution is 7.91. The molecule has 0 saturated carbocycles. The zero-order valence-electron chi connectivity index (χ0n) is 19.0. The van der Waals surface area contributed by atoms with E-state index < -0.39 is 15.4 Å². The highest BCUT2D eigenvalue weighted by Gasteiger charge is 2.35. The summed E-state index contributed by atoms with van der Waals surface area (Å²) in [5.41, 5.74) is 3.61. The molecule has 5 heteroatoms. The second kappa shape index (κ2) is 10.0. The maximum absolute atomic E-state index is 12.3. The molecule has 1 N–H and O–H groups in total. The predicted octanol–water partition coefficient (Wildman–Crippen LogP) is 5.43. The van der Waals surface area contributed by atoms with Crippen molar-refractivity contribution in [1.29, 1.82) is 5.26 Å². The first-order valence-electron chi connectivity index (χ1n) is 11.2. The number of sulfone groups is 1. The highest BCUT2D eigenvalue weighted by Crippen LogP contribution is 2.37. The van der Waals surface area contributed by atoms with E-state index in [1.54, 1.807) is 19.1 Å². The molecule has 0 bridgehead atoms. The summed E-state index contributed by atoms with van der Waals surface area (Å²) in [4.78, 5) is 0.177. The number of benzene rings is 4. The largest absolute Gasteiger partial charge is 0.296 e.